The average Bonchev–Trinajstić information content (AvgIpc) is 2.70. The Kier molecular flexibility index (Phi) is 8.45. The van der Waals surface area contributed by atoms with Crippen molar-refractivity contribution in [1.82, 2.24) is 9.80 Å². The summed E-state index contributed by atoms with van der Waals surface area (Å²) in [5.41, 5.74) is 6.03. The molecule has 0 radical (unpaired) electrons. The van der Waals surface area contributed by atoms with E-state index in [9.17, 15) is 14.4 Å². The van der Waals surface area contributed by atoms with Crippen LogP contribution >= 0.6 is 0 Å². The second-order valence-corrected chi connectivity index (χ2v) is 6.63. The van der Waals surface area contributed by atoms with Crippen molar-refractivity contribution in [2.24, 2.45) is 5.73 Å². The van der Waals surface area contributed by atoms with Gasteiger partial charge in [0.2, 0.25) is 0 Å². The number of hydrogen-bond acceptors (Lipinski definition) is 6. The number of benzene rings is 1. The third-order valence-electron chi connectivity index (χ3n) is 4.52. The number of piperazine rings is 1. The molecule has 0 aliphatic carbocycles. The van der Waals surface area contributed by atoms with Crippen LogP contribution in [0.5, 0.6) is 5.75 Å². The SMILES string of the molecule is CCOC(=O)CCCN1CCN(CCCOc2ccc(C(=N)N)cc2)C(=O)C1=O. The second kappa shape index (κ2) is 11.0. The summed E-state index contributed by atoms with van der Waals surface area (Å²) in [5.74, 6) is -0.677. The number of carbonyl (C=O) groups is 3. The Morgan fingerprint density at radius 3 is 2.21 bits per heavy atom. The Labute approximate surface area is 170 Å². The zero-order chi connectivity index (χ0) is 21.2. The fraction of sp³-hybridized carbons (Fsp3) is 0.500. The molecule has 1 aliphatic heterocycles. The van der Waals surface area contributed by atoms with Gasteiger partial charge >= 0.3 is 17.8 Å². The van der Waals surface area contributed by atoms with Crippen LogP contribution in [0.15, 0.2) is 24.3 Å². The molecule has 2 rings (SSSR count). The van der Waals surface area contributed by atoms with Gasteiger partial charge in [0.05, 0.1) is 13.2 Å². The van der Waals surface area contributed by atoms with Crippen molar-refractivity contribution in [3.63, 3.8) is 0 Å². The topological polar surface area (TPSA) is 126 Å². The second-order valence-electron chi connectivity index (χ2n) is 6.63. The van der Waals surface area contributed by atoms with Crippen LogP contribution in [0.4, 0.5) is 0 Å². The minimum atomic E-state index is -0.527. The highest BCUT2D eigenvalue weighted by Gasteiger charge is 2.31. The molecule has 0 spiro atoms. The number of carbonyl (C=O) groups excluding carboxylic acids is 3. The molecule has 0 saturated carbocycles. The van der Waals surface area contributed by atoms with Crippen molar-refractivity contribution in [2.45, 2.75) is 26.2 Å². The molecule has 158 valence electrons. The Balaban J connectivity index is 1.68. The standard InChI is InChI=1S/C20H28N4O5/c1-2-28-17(25)5-3-10-23-12-13-24(20(27)19(23)26)11-4-14-29-16-8-6-15(7-9-16)18(21)22/h6-9H,2-5,10-14H2,1H3,(H3,21,22). The number of amides is 2. The highest BCUT2D eigenvalue weighted by molar-refractivity contribution is 6.35. The van der Waals surface area contributed by atoms with Crippen molar-refractivity contribution in [3.8, 4) is 5.75 Å². The summed E-state index contributed by atoms with van der Waals surface area (Å²) in [4.78, 5) is 38.9. The summed E-state index contributed by atoms with van der Waals surface area (Å²) >= 11 is 0. The predicted molar refractivity (Wildman–Crippen MR) is 107 cm³/mol. The Morgan fingerprint density at radius 2 is 1.66 bits per heavy atom. The lowest BCUT2D eigenvalue weighted by Gasteiger charge is -2.33. The molecule has 9 heteroatoms. The van der Waals surface area contributed by atoms with Crippen LogP contribution in [0.25, 0.3) is 0 Å². The lowest BCUT2D eigenvalue weighted by Crippen LogP contribution is -2.54. The normalized spacial score (nSPS) is 14.1. The molecule has 1 aliphatic rings. The van der Waals surface area contributed by atoms with E-state index in [2.05, 4.69) is 0 Å². The highest BCUT2D eigenvalue weighted by Crippen LogP contribution is 2.13. The third-order valence-corrected chi connectivity index (χ3v) is 4.52. The van der Waals surface area contributed by atoms with Gasteiger partial charge in [-0.05, 0) is 44.0 Å². The molecule has 0 atom stereocenters. The minimum Gasteiger partial charge on any atom is -0.494 e. The molecule has 29 heavy (non-hydrogen) atoms. The van der Waals surface area contributed by atoms with E-state index in [0.29, 0.717) is 63.5 Å². The first-order valence-corrected chi connectivity index (χ1v) is 9.73. The number of esters is 1. The van der Waals surface area contributed by atoms with Gasteiger partial charge in [0.15, 0.2) is 0 Å². The zero-order valence-electron chi connectivity index (χ0n) is 16.7. The summed E-state index contributed by atoms with van der Waals surface area (Å²) < 4.78 is 10.5. The van der Waals surface area contributed by atoms with E-state index in [0.717, 1.165) is 0 Å². The van der Waals surface area contributed by atoms with Crippen molar-refractivity contribution in [2.75, 3.05) is 39.4 Å². The molecule has 1 heterocycles. The van der Waals surface area contributed by atoms with Gasteiger partial charge in [0.1, 0.15) is 11.6 Å². The van der Waals surface area contributed by atoms with Gasteiger partial charge in [-0.3, -0.25) is 19.8 Å². The van der Waals surface area contributed by atoms with Crippen LogP contribution in [-0.2, 0) is 19.1 Å². The number of rotatable bonds is 11. The van der Waals surface area contributed by atoms with E-state index >= 15 is 0 Å². The first-order chi connectivity index (χ1) is 13.9. The molecule has 9 nitrogen and oxygen atoms in total. The number of nitrogen functional groups attached to an aromatic ring is 1. The number of ether oxygens (including phenoxy) is 2. The van der Waals surface area contributed by atoms with E-state index in [4.69, 9.17) is 20.6 Å². The fourth-order valence-corrected chi connectivity index (χ4v) is 2.97. The first kappa shape index (κ1) is 22.2. The van der Waals surface area contributed by atoms with Gasteiger partial charge < -0.3 is 25.0 Å². The van der Waals surface area contributed by atoms with Crippen molar-refractivity contribution >= 4 is 23.6 Å². The van der Waals surface area contributed by atoms with Crippen molar-refractivity contribution in [3.05, 3.63) is 29.8 Å². The van der Waals surface area contributed by atoms with E-state index in [1.54, 1.807) is 31.2 Å². The highest BCUT2D eigenvalue weighted by atomic mass is 16.5. The molecule has 0 unspecified atom stereocenters. The van der Waals surface area contributed by atoms with E-state index < -0.39 is 11.8 Å². The summed E-state index contributed by atoms with van der Waals surface area (Å²) in [6, 6.07) is 6.89. The van der Waals surface area contributed by atoms with Crippen LogP contribution < -0.4 is 10.5 Å². The first-order valence-electron chi connectivity index (χ1n) is 9.73. The molecule has 1 saturated heterocycles. The largest absolute Gasteiger partial charge is 0.494 e. The van der Waals surface area contributed by atoms with Crippen LogP contribution in [0, 0.1) is 5.41 Å². The van der Waals surface area contributed by atoms with Gasteiger partial charge in [-0.15, -0.1) is 0 Å². The molecular weight excluding hydrogens is 376 g/mol. The van der Waals surface area contributed by atoms with Crippen LogP contribution in [0.1, 0.15) is 31.7 Å². The number of amidine groups is 1. The molecule has 1 aromatic rings. The van der Waals surface area contributed by atoms with Crippen LogP contribution in [0.2, 0.25) is 0 Å². The van der Waals surface area contributed by atoms with E-state index in [1.165, 1.54) is 9.80 Å². The fourth-order valence-electron chi connectivity index (χ4n) is 2.97. The maximum Gasteiger partial charge on any atom is 0.312 e. The average molecular weight is 404 g/mol. The Hall–Kier alpha value is -3.10. The quantitative estimate of drug-likeness (QED) is 0.184. The number of nitrogens with zero attached hydrogens (tertiary/aromatic N) is 2. The summed E-state index contributed by atoms with van der Waals surface area (Å²) in [7, 11) is 0. The van der Waals surface area contributed by atoms with Crippen LogP contribution in [-0.4, -0.2) is 72.8 Å². The smallest absolute Gasteiger partial charge is 0.312 e. The van der Waals surface area contributed by atoms with Crippen molar-refractivity contribution in [1.29, 1.82) is 5.41 Å². The maximum absolute atomic E-state index is 12.3. The monoisotopic (exact) mass is 404 g/mol. The molecule has 0 bridgehead atoms. The lowest BCUT2D eigenvalue weighted by molar-refractivity contribution is -0.156. The number of nitrogens with two attached hydrogens (primary N) is 1. The minimum absolute atomic E-state index is 0.000219. The summed E-state index contributed by atoms with van der Waals surface area (Å²) in [6.45, 7) is 4.22. The number of hydrogen-bond donors (Lipinski definition) is 2. The van der Waals surface area contributed by atoms with Crippen LogP contribution in [0.3, 0.4) is 0 Å². The molecular formula is C20H28N4O5. The molecule has 1 aromatic carbocycles. The van der Waals surface area contributed by atoms with Gasteiger partial charge in [-0.25, -0.2) is 0 Å². The van der Waals surface area contributed by atoms with Gasteiger partial charge in [-0.2, -0.15) is 0 Å². The van der Waals surface area contributed by atoms with Gasteiger partial charge in [-0.1, -0.05) is 0 Å². The van der Waals surface area contributed by atoms with E-state index in [-0.39, 0.29) is 18.2 Å². The predicted octanol–water partition coefficient (Wildman–Crippen LogP) is 0.754. The maximum atomic E-state index is 12.3. The molecule has 3 N–H and O–H groups in total. The summed E-state index contributed by atoms with van der Waals surface area (Å²) in [5, 5.41) is 7.36. The van der Waals surface area contributed by atoms with E-state index in [1.807, 2.05) is 0 Å². The number of nitrogens with one attached hydrogen (secondary N) is 1. The zero-order valence-corrected chi connectivity index (χ0v) is 16.7. The van der Waals surface area contributed by atoms with Gasteiger partial charge in [0, 0.05) is 38.2 Å². The van der Waals surface area contributed by atoms with Crippen molar-refractivity contribution < 1.29 is 23.9 Å². The third kappa shape index (κ3) is 6.78. The summed E-state index contributed by atoms with van der Waals surface area (Å²) in [6.07, 6.45) is 1.31. The molecule has 0 aromatic heterocycles. The Bertz CT molecular complexity index is 735. The molecule has 2 amide bonds. The molecule has 1 fully saturated rings. The Morgan fingerprint density at radius 1 is 1.07 bits per heavy atom. The lowest BCUT2D eigenvalue weighted by atomic mass is 10.2. The van der Waals surface area contributed by atoms with Gasteiger partial charge in [0.25, 0.3) is 0 Å².